The minimum atomic E-state index is -0.566. The Morgan fingerprint density at radius 2 is 1.78 bits per heavy atom. The second-order valence-electron chi connectivity index (χ2n) is 4.53. The topological polar surface area (TPSA) is 58.2 Å². The summed E-state index contributed by atoms with van der Waals surface area (Å²) in [5.74, 6) is -0.162. The fraction of sp³-hybridized carbons (Fsp3) is 0.385. The zero-order valence-electron chi connectivity index (χ0n) is 10.7. The summed E-state index contributed by atoms with van der Waals surface area (Å²) in [5, 5.41) is 5.51. The molecule has 2 N–H and O–H groups in total. The van der Waals surface area contributed by atoms with E-state index in [2.05, 4.69) is 26.6 Å². The highest BCUT2D eigenvalue weighted by molar-refractivity contribution is 9.10. The first-order valence-electron chi connectivity index (χ1n) is 5.63. The van der Waals surface area contributed by atoms with E-state index in [0.717, 1.165) is 11.3 Å². The van der Waals surface area contributed by atoms with Gasteiger partial charge in [-0.25, -0.2) is 0 Å². The number of halogens is 1. The van der Waals surface area contributed by atoms with Crippen LogP contribution in [0.5, 0.6) is 0 Å². The molecule has 0 aliphatic rings. The van der Waals surface area contributed by atoms with Crippen molar-refractivity contribution >= 4 is 33.4 Å². The standard InChI is InChI=1S/C13H17BrN2O2/c1-9(17)16-11-6-4-10(5-7-11)8-15-12(18)13(2,3)14/h4-7H,8H2,1-3H3,(H,15,18)(H,16,17). The molecule has 5 heteroatoms. The molecule has 0 radical (unpaired) electrons. The summed E-state index contributed by atoms with van der Waals surface area (Å²) in [5.41, 5.74) is 1.73. The average molecular weight is 313 g/mol. The summed E-state index contributed by atoms with van der Waals surface area (Å²) < 4.78 is -0.566. The summed E-state index contributed by atoms with van der Waals surface area (Å²) in [7, 11) is 0. The molecule has 0 saturated heterocycles. The lowest BCUT2D eigenvalue weighted by molar-refractivity contribution is -0.122. The lowest BCUT2D eigenvalue weighted by Crippen LogP contribution is -2.36. The number of hydrogen-bond donors (Lipinski definition) is 2. The van der Waals surface area contributed by atoms with E-state index in [1.54, 1.807) is 13.8 Å². The molecule has 0 heterocycles. The molecule has 0 spiro atoms. The van der Waals surface area contributed by atoms with E-state index in [9.17, 15) is 9.59 Å². The highest BCUT2D eigenvalue weighted by atomic mass is 79.9. The summed E-state index contributed by atoms with van der Waals surface area (Å²) in [4.78, 5) is 22.5. The largest absolute Gasteiger partial charge is 0.351 e. The maximum atomic E-state index is 11.6. The number of carbonyl (C=O) groups excluding carboxylic acids is 2. The normalized spacial score (nSPS) is 10.9. The minimum absolute atomic E-state index is 0.0616. The molecule has 0 aromatic heterocycles. The van der Waals surface area contributed by atoms with Gasteiger partial charge in [0.2, 0.25) is 11.8 Å². The Hall–Kier alpha value is -1.36. The summed E-state index contributed by atoms with van der Waals surface area (Å²) in [6.07, 6.45) is 0. The Labute approximate surface area is 115 Å². The molecule has 1 rings (SSSR count). The van der Waals surface area contributed by atoms with Crippen molar-refractivity contribution in [3.8, 4) is 0 Å². The smallest absolute Gasteiger partial charge is 0.236 e. The fourth-order valence-corrected chi connectivity index (χ4v) is 1.44. The predicted octanol–water partition coefficient (Wildman–Crippen LogP) is 2.43. The average Bonchev–Trinajstić information content (AvgIpc) is 2.25. The summed E-state index contributed by atoms with van der Waals surface area (Å²) in [6, 6.07) is 7.35. The van der Waals surface area contributed by atoms with Crippen LogP contribution >= 0.6 is 15.9 Å². The van der Waals surface area contributed by atoms with Gasteiger partial charge in [-0.15, -0.1) is 0 Å². The molecule has 0 unspecified atom stereocenters. The van der Waals surface area contributed by atoms with Crippen LogP contribution in [0.25, 0.3) is 0 Å². The number of carbonyl (C=O) groups is 2. The van der Waals surface area contributed by atoms with Gasteiger partial charge in [-0.1, -0.05) is 28.1 Å². The van der Waals surface area contributed by atoms with Gasteiger partial charge in [-0.2, -0.15) is 0 Å². The molecule has 0 aliphatic carbocycles. The van der Waals surface area contributed by atoms with E-state index >= 15 is 0 Å². The van der Waals surface area contributed by atoms with E-state index < -0.39 is 4.32 Å². The van der Waals surface area contributed by atoms with Gasteiger partial charge >= 0.3 is 0 Å². The van der Waals surface area contributed by atoms with Gasteiger partial charge in [0.05, 0.1) is 4.32 Å². The van der Waals surface area contributed by atoms with E-state index in [1.165, 1.54) is 6.92 Å². The van der Waals surface area contributed by atoms with Gasteiger partial charge in [0, 0.05) is 19.2 Å². The number of benzene rings is 1. The van der Waals surface area contributed by atoms with E-state index in [0.29, 0.717) is 6.54 Å². The molecule has 0 fully saturated rings. The lowest BCUT2D eigenvalue weighted by atomic mass is 10.1. The van der Waals surface area contributed by atoms with Crippen molar-refractivity contribution in [2.24, 2.45) is 0 Å². The monoisotopic (exact) mass is 312 g/mol. The number of anilines is 1. The van der Waals surface area contributed by atoms with Crippen LogP contribution in [-0.4, -0.2) is 16.1 Å². The third-order valence-electron chi connectivity index (χ3n) is 2.27. The van der Waals surface area contributed by atoms with Crippen LogP contribution in [0.15, 0.2) is 24.3 Å². The van der Waals surface area contributed by atoms with Crippen molar-refractivity contribution in [1.82, 2.24) is 5.32 Å². The molecule has 2 amide bonds. The van der Waals surface area contributed by atoms with E-state index in [-0.39, 0.29) is 11.8 Å². The number of nitrogens with one attached hydrogen (secondary N) is 2. The third kappa shape index (κ3) is 4.87. The Bertz CT molecular complexity index is 435. The van der Waals surface area contributed by atoms with Crippen LogP contribution in [0.1, 0.15) is 26.3 Å². The Morgan fingerprint density at radius 3 is 2.22 bits per heavy atom. The molecule has 1 aromatic carbocycles. The molecule has 0 bridgehead atoms. The molecule has 4 nitrogen and oxygen atoms in total. The first-order chi connectivity index (χ1) is 8.29. The minimum Gasteiger partial charge on any atom is -0.351 e. The first-order valence-corrected chi connectivity index (χ1v) is 6.42. The summed E-state index contributed by atoms with van der Waals surface area (Å²) in [6.45, 7) is 5.52. The van der Waals surface area contributed by atoms with Crippen LogP contribution in [0, 0.1) is 0 Å². The summed E-state index contributed by atoms with van der Waals surface area (Å²) >= 11 is 3.30. The van der Waals surface area contributed by atoms with Crippen LogP contribution < -0.4 is 10.6 Å². The molecule has 0 saturated carbocycles. The van der Waals surface area contributed by atoms with E-state index in [4.69, 9.17) is 0 Å². The van der Waals surface area contributed by atoms with Crippen LogP contribution in [0.3, 0.4) is 0 Å². The van der Waals surface area contributed by atoms with Gasteiger partial charge in [-0.05, 0) is 31.5 Å². The SMILES string of the molecule is CC(=O)Nc1ccc(CNC(=O)C(C)(C)Br)cc1. The van der Waals surface area contributed by atoms with E-state index in [1.807, 2.05) is 24.3 Å². The quantitative estimate of drug-likeness (QED) is 0.839. The predicted molar refractivity (Wildman–Crippen MR) is 75.6 cm³/mol. The zero-order chi connectivity index (χ0) is 13.8. The number of hydrogen-bond acceptors (Lipinski definition) is 2. The van der Waals surface area contributed by atoms with Crippen molar-refractivity contribution in [1.29, 1.82) is 0 Å². The van der Waals surface area contributed by atoms with Gasteiger partial charge < -0.3 is 10.6 Å². The van der Waals surface area contributed by atoms with Gasteiger partial charge in [0.15, 0.2) is 0 Å². The first kappa shape index (κ1) is 14.7. The Morgan fingerprint density at radius 1 is 1.22 bits per heavy atom. The molecular weight excluding hydrogens is 296 g/mol. The maximum Gasteiger partial charge on any atom is 0.236 e. The number of amides is 2. The van der Waals surface area contributed by atoms with Crippen molar-refractivity contribution in [2.45, 2.75) is 31.6 Å². The molecule has 1 aromatic rings. The van der Waals surface area contributed by atoms with Crippen molar-refractivity contribution < 1.29 is 9.59 Å². The van der Waals surface area contributed by atoms with Crippen LogP contribution in [0.2, 0.25) is 0 Å². The molecule has 18 heavy (non-hydrogen) atoms. The van der Waals surface area contributed by atoms with Crippen LogP contribution in [-0.2, 0) is 16.1 Å². The Kier molecular flexibility index (Phi) is 4.90. The second kappa shape index (κ2) is 6.00. The van der Waals surface area contributed by atoms with Gasteiger partial charge in [0.1, 0.15) is 0 Å². The molecule has 98 valence electrons. The van der Waals surface area contributed by atoms with Crippen molar-refractivity contribution in [3.05, 3.63) is 29.8 Å². The Balaban J connectivity index is 2.54. The van der Waals surface area contributed by atoms with Crippen LogP contribution in [0.4, 0.5) is 5.69 Å². The second-order valence-corrected chi connectivity index (χ2v) is 6.52. The zero-order valence-corrected chi connectivity index (χ0v) is 12.3. The highest BCUT2D eigenvalue weighted by Gasteiger charge is 2.22. The number of rotatable bonds is 4. The third-order valence-corrected chi connectivity index (χ3v) is 2.63. The van der Waals surface area contributed by atoms with Crippen molar-refractivity contribution in [3.63, 3.8) is 0 Å². The molecule has 0 aliphatic heterocycles. The fourth-order valence-electron chi connectivity index (χ4n) is 1.30. The number of alkyl halides is 1. The highest BCUT2D eigenvalue weighted by Crippen LogP contribution is 2.16. The van der Waals surface area contributed by atoms with Crippen molar-refractivity contribution in [2.75, 3.05) is 5.32 Å². The molecule has 0 atom stereocenters. The maximum absolute atomic E-state index is 11.6. The van der Waals surface area contributed by atoms with Gasteiger partial charge in [-0.3, -0.25) is 9.59 Å². The molecular formula is C13H17BrN2O2. The lowest BCUT2D eigenvalue weighted by Gasteiger charge is -2.15. The van der Waals surface area contributed by atoms with Gasteiger partial charge in [0.25, 0.3) is 0 Å².